The number of carbonyl (C=O) groups excluding carboxylic acids is 3. The first kappa shape index (κ1) is 22.8. The van der Waals surface area contributed by atoms with Gasteiger partial charge in [0.15, 0.2) is 24.6 Å². The molecule has 2 saturated heterocycles. The number of rotatable bonds is 6. The van der Waals surface area contributed by atoms with Gasteiger partial charge in [-0.1, -0.05) is 54.6 Å². The number of fused-ring (bicyclic) bond motifs is 2. The zero-order valence-corrected chi connectivity index (χ0v) is 18.5. The van der Waals surface area contributed by atoms with Crippen molar-refractivity contribution in [2.45, 2.75) is 30.7 Å². The van der Waals surface area contributed by atoms with Crippen molar-refractivity contribution in [3.05, 3.63) is 108 Å². The minimum atomic E-state index is -1.16. The van der Waals surface area contributed by atoms with Gasteiger partial charge in [0.05, 0.1) is 23.3 Å². The fourth-order valence-electron chi connectivity index (χ4n) is 4.04. The first-order valence-electron chi connectivity index (χ1n) is 11.2. The zero-order valence-electron chi connectivity index (χ0n) is 18.5. The summed E-state index contributed by atoms with van der Waals surface area (Å²) in [4.78, 5) is 38.7. The third-order valence-corrected chi connectivity index (χ3v) is 5.77. The van der Waals surface area contributed by atoms with E-state index in [1.807, 2.05) is 0 Å². The SMILES string of the molecule is O=C(O[C@H]1[C@H](OC(=O)c2ccccc2)[C@H]2COC(O2)[C@H]1OC(=O)c1ccccc1)c1ccccc1. The largest absolute Gasteiger partial charge is 0.452 e. The van der Waals surface area contributed by atoms with Gasteiger partial charge < -0.3 is 23.7 Å². The molecule has 0 radical (unpaired) electrons. The molecule has 3 aromatic carbocycles. The van der Waals surface area contributed by atoms with Crippen LogP contribution in [0.25, 0.3) is 0 Å². The highest BCUT2D eigenvalue weighted by molar-refractivity contribution is 5.91. The van der Waals surface area contributed by atoms with Gasteiger partial charge in [0.2, 0.25) is 0 Å². The molecule has 178 valence electrons. The van der Waals surface area contributed by atoms with E-state index in [0.717, 1.165) is 0 Å². The van der Waals surface area contributed by atoms with Crippen molar-refractivity contribution in [2.24, 2.45) is 0 Å². The molecule has 35 heavy (non-hydrogen) atoms. The molecule has 1 unspecified atom stereocenters. The van der Waals surface area contributed by atoms with E-state index in [1.54, 1.807) is 91.0 Å². The number of carbonyl (C=O) groups is 3. The molecule has 2 aliphatic heterocycles. The Bertz CT molecular complexity index is 1110. The highest BCUT2D eigenvalue weighted by Crippen LogP contribution is 2.35. The lowest BCUT2D eigenvalue weighted by atomic mass is 9.99. The molecule has 0 amide bonds. The summed E-state index contributed by atoms with van der Waals surface area (Å²) in [6.07, 6.45) is -5.07. The van der Waals surface area contributed by atoms with Crippen LogP contribution in [-0.4, -0.2) is 55.2 Å². The van der Waals surface area contributed by atoms with Gasteiger partial charge in [-0.2, -0.15) is 0 Å². The zero-order chi connectivity index (χ0) is 24.2. The summed E-state index contributed by atoms with van der Waals surface area (Å²) in [5, 5.41) is 0. The predicted octanol–water partition coefficient (Wildman–Crippen LogP) is 3.42. The molecule has 3 aromatic rings. The number of hydrogen-bond acceptors (Lipinski definition) is 8. The van der Waals surface area contributed by atoms with Gasteiger partial charge >= 0.3 is 17.9 Å². The average Bonchev–Trinajstić information content (AvgIpc) is 3.35. The summed E-state index contributed by atoms with van der Waals surface area (Å²) in [6, 6.07) is 25.2. The first-order chi connectivity index (χ1) is 17.1. The molecule has 0 aliphatic carbocycles. The molecular formula is C27H22O8. The summed E-state index contributed by atoms with van der Waals surface area (Å²) >= 11 is 0. The summed E-state index contributed by atoms with van der Waals surface area (Å²) < 4.78 is 28.8. The minimum absolute atomic E-state index is 0.0795. The van der Waals surface area contributed by atoms with E-state index < -0.39 is 48.6 Å². The highest BCUT2D eigenvalue weighted by Gasteiger charge is 2.56. The molecule has 8 nitrogen and oxygen atoms in total. The fourth-order valence-corrected chi connectivity index (χ4v) is 4.04. The molecule has 0 saturated carbocycles. The van der Waals surface area contributed by atoms with Crippen LogP contribution in [0.4, 0.5) is 0 Å². The number of esters is 3. The van der Waals surface area contributed by atoms with Crippen LogP contribution < -0.4 is 0 Å². The van der Waals surface area contributed by atoms with E-state index in [1.165, 1.54) is 0 Å². The molecule has 8 heteroatoms. The summed E-state index contributed by atoms with van der Waals surface area (Å²) in [5.41, 5.74) is 0.923. The first-order valence-corrected chi connectivity index (χ1v) is 11.2. The van der Waals surface area contributed by atoms with Crippen molar-refractivity contribution in [3.63, 3.8) is 0 Å². The van der Waals surface area contributed by atoms with Gasteiger partial charge in [0.25, 0.3) is 0 Å². The molecule has 5 atom stereocenters. The van der Waals surface area contributed by atoms with Crippen LogP contribution in [0.5, 0.6) is 0 Å². The Hall–Kier alpha value is -4.01. The van der Waals surface area contributed by atoms with Crippen molar-refractivity contribution >= 4 is 17.9 Å². The fraction of sp³-hybridized carbons (Fsp3) is 0.222. The smallest absolute Gasteiger partial charge is 0.338 e. The van der Waals surface area contributed by atoms with E-state index in [4.69, 9.17) is 23.7 Å². The van der Waals surface area contributed by atoms with Crippen LogP contribution in [0.1, 0.15) is 31.1 Å². The van der Waals surface area contributed by atoms with E-state index in [0.29, 0.717) is 16.7 Å². The monoisotopic (exact) mass is 474 g/mol. The second-order valence-corrected chi connectivity index (χ2v) is 8.08. The standard InChI is InChI=1S/C27H22O8/c28-24(17-10-4-1-5-11-17)33-21-20-16-31-27(32-20)23(35-26(30)19-14-8-3-9-15-19)22(21)34-25(29)18-12-6-2-7-13-18/h1-15,20-23,27H,16H2/t20-,21-,22+,23+,27?/m1/s1. The Balaban J connectivity index is 1.44. The Morgan fingerprint density at radius 2 is 0.971 bits per heavy atom. The van der Waals surface area contributed by atoms with Gasteiger partial charge in [-0.25, -0.2) is 14.4 Å². The lowest BCUT2D eigenvalue weighted by Crippen LogP contribution is -2.58. The molecule has 2 aliphatic rings. The van der Waals surface area contributed by atoms with Crippen LogP contribution in [0, 0.1) is 0 Å². The number of benzene rings is 3. The third-order valence-electron chi connectivity index (χ3n) is 5.77. The maximum atomic E-state index is 13.0. The van der Waals surface area contributed by atoms with Crippen LogP contribution in [0.2, 0.25) is 0 Å². The van der Waals surface area contributed by atoms with Gasteiger partial charge in [0, 0.05) is 0 Å². The van der Waals surface area contributed by atoms with Crippen molar-refractivity contribution in [3.8, 4) is 0 Å². The van der Waals surface area contributed by atoms with E-state index in [9.17, 15) is 14.4 Å². The lowest BCUT2D eigenvalue weighted by Gasteiger charge is -2.39. The molecule has 2 bridgehead atoms. The van der Waals surface area contributed by atoms with Crippen molar-refractivity contribution in [2.75, 3.05) is 6.61 Å². The quantitative estimate of drug-likeness (QED) is 0.396. The average molecular weight is 474 g/mol. The topological polar surface area (TPSA) is 97.4 Å². The van der Waals surface area contributed by atoms with Gasteiger partial charge in [-0.3, -0.25) is 0 Å². The summed E-state index contributed by atoms with van der Waals surface area (Å²) in [5.74, 6) is -1.93. The van der Waals surface area contributed by atoms with Crippen molar-refractivity contribution in [1.82, 2.24) is 0 Å². The minimum Gasteiger partial charge on any atom is -0.452 e. The third kappa shape index (κ3) is 4.94. The Labute approximate surface area is 201 Å². The van der Waals surface area contributed by atoms with Crippen molar-refractivity contribution < 1.29 is 38.1 Å². The Kier molecular flexibility index (Phi) is 6.56. The normalized spacial score (nSPS) is 24.9. The molecular weight excluding hydrogens is 452 g/mol. The molecule has 5 rings (SSSR count). The molecule has 0 N–H and O–H groups in total. The molecule has 0 aromatic heterocycles. The van der Waals surface area contributed by atoms with E-state index in [-0.39, 0.29) is 6.61 Å². The molecule has 2 fully saturated rings. The van der Waals surface area contributed by atoms with Gasteiger partial charge in [-0.05, 0) is 36.4 Å². The van der Waals surface area contributed by atoms with Crippen LogP contribution in [0.3, 0.4) is 0 Å². The van der Waals surface area contributed by atoms with Crippen LogP contribution in [0.15, 0.2) is 91.0 Å². The van der Waals surface area contributed by atoms with E-state index >= 15 is 0 Å². The maximum Gasteiger partial charge on any atom is 0.338 e. The second kappa shape index (κ2) is 10.1. The second-order valence-electron chi connectivity index (χ2n) is 8.08. The lowest BCUT2D eigenvalue weighted by molar-refractivity contribution is -0.228. The molecule has 2 heterocycles. The van der Waals surface area contributed by atoms with Crippen molar-refractivity contribution in [1.29, 1.82) is 0 Å². The van der Waals surface area contributed by atoms with E-state index in [2.05, 4.69) is 0 Å². The number of ether oxygens (including phenoxy) is 5. The van der Waals surface area contributed by atoms with Gasteiger partial charge in [-0.15, -0.1) is 0 Å². The van der Waals surface area contributed by atoms with Crippen LogP contribution in [-0.2, 0) is 23.7 Å². The Morgan fingerprint density at radius 1 is 0.571 bits per heavy atom. The van der Waals surface area contributed by atoms with Crippen LogP contribution >= 0.6 is 0 Å². The summed E-state index contributed by atoms with van der Waals surface area (Å²) in [7, 11) is 0. The molecule has 0 spiro atoms. The summed E-state index contributed by atoms with van der Waals surface area (Å²) in [6.45, 7) is 0.0795. The Morgan fingerprint density at radius 3 is 1.43 bits per heavy atom. The highest BCUT2D eigenvalue weighted by atomic mass is 16.8. The predicted molar refractivity (Wildman–Crippen MR) is 122 cm³/mol. The number of hydrogen-bond donors (Lipinski definition) is 0. The maximum absolute atomic E-state index is 13.0. The van der Waals surface area contributed by atoms with Gasteiger partial charge in [0.1, 0.15) is 6.10 Å².